The van der Waals surface area contributed by atoms with Crippen molar-refractivity contribution >= 4 is 22.5 Å². The maximum Gasteiger partial charge on any atom is 0.445 e. The monoisotopic (exact) mass is 296 g/mol. The standard InChI is InChI=1S/C9H11F3N4O2S/c10-9(11,12)5-15-16-7(19-5)14-6(17)13-4-8(18)2-1-3-8/h18H,1-4H2,(H2,13,14,16,17). The van der Waals surface area contributed by atoms with Crippen LogP contribution in [0.2, 0.25) is 0 Å². The van der Waals surface area contributed by atoms with Crippen molar-refractivity contribution in [3.8, 4) is 0 Å². The first kappa shape index (κ1) is 14.0. The van der Waals surface area contributed by atoms with Crippen molar-refractivity contribution in [3.63, 3.8) is 0 Å². The molecule has 0 bridgehead atoms. The van der Waals surface area contributed by atoms with E-state index in [1.165, 1.54) is 0 Å². The molecule has 0 aromatic carbocycles. The molecule has 106 valence electrons. The van der Waals surface area contributed by atoms with Crippen LogP contribution in [0, 0.1) is 0 Å². The molecule has 2 amide bonds. The molecule has 1 aliphatic carbocycles. The van der Waals surface area contributed by atoms with Crippen LogP contribution in [-0.4, -0.2) is 33.5 Å². The zero-order valence-electron chi connectivity index (χ0n) is 9.62. The number of urea groups is 1. The van der Waals surface area contributed by atoms with Crippen LogP contribution < -0.4 is 10.6 Å². The van der Waals surface area contributed by atoms with Crippen LogP contribution in [-0.2, 0) is 6.18 Å². The predicted molar refractivity (Wildman–Crippen MR) is 60.7 cm³/mol. The number of aliphatic hydroxyl groups is 1. The Bertz CT molecular complexity index is 472. The van der Waals surface area contributed by atoms with Crippen molar-refractivity contribution in [2.24, 2.45) is 0 Å². The molecule has 0 saturated heterocycles. The van der Waals surface area contributed by atoms with Crippen molar-refractivity contribution in [2.45, 2.75) is 31.0 Å². The molecule has 2 rings (SSSR count). The number of anilines is 1. The van der Waals surface area contributed by atoms with Crippen LogP contribution in [0.4, 0.5) is 23.1 Å². The lowest BCUT2D eigenvalue weighted by molar-refractivity contribution is -0.138. The SMILES string of the molecule is O=C(NCC1(O)CCC1)Nc1nnc(C(F)(F)F)s1. The first-order valence-electron chi connectivity index (χ1n) is 5.46. The highest BCUT2D eigenvalue weighted by Crippen LogP contribution is 2.33. The van der Waals surface area contributed by atoms with E-state index in [0.29, 0.717) is 12.8 Å². The number of halogens is 3. The third kappa shape index (κ3) is 3.53. The van der Waals surface area contributed by atoms with Crippen molar-refractivity contribution < 1.29 is 23.1 Å². The van der Waals surface area contributed by atoms with Gasteiger partial charge in [-0.15, -0.1) is 10.2 Å². The van der Waals surface area contributed by atoms with Gasteiger partial charge in [-0.05, 0) is 19.3 Å². The van der Waals surface area contributed by atoms with Gasteiger partial charge in [0.1, 0.15) is 0 Å². The molecule has 0 atom stereocenters. The van der Waals surface area contributed by atoms with Crippen LogP contribution in [0.5, 0.6) is 0 Å². The first-order chi connectivity index (χ1) is 8.78. The quantitative estimate of drug-likeness (QED) is 0.790. The highest BCUT2D eigenvalue weighted by Gasteiger charge is 2.36. The average molecular weight is 296 g/mol. The lowest BCUT2D eigenvalue weighted by Gasteiger charge is -2.36. The van der Waals surface area contributed by atoms with Crippen LogP contribution in [0.15, 0.2) is 0 Å². The van der Waals surface area contributed by atoms with Gasteiger partial charge in [0.2, 0.25) is 10.1 Å². The maximum absolute atomic E-state index is 12.2. The van der Waals surface area contributed by atoms with Gasteiger partial charge in [-0.1, -0.05) is 11.3 Å². The van der Waals surface area contributed by atoms with Gasteiger partial charge in [-0.25, -0.2) is 4.79 Å². The molecule has 1 heterocycles. The van der Waals surface area contributed by atoms with E-state index in [4.69, 9.17) is 0 Å². The number of hydrogen-bond acceptors (Lipinski definition) is 5. The predicted octanol–water partition coefficient (Wildman–Crippen LogP) is 1.59. The molecule has 0 unspecified atom stereocenters. The Morgan fingerprint density at radius 2 is 2.11 bits per heavy atom. The van der Waals surface area contributed by atoms with Gasteiger partial charge in [0, 0.05) is 6.54 Å². The second kappa shape index (κ2) is 4.93. The highest BCUT2D eigenvalue weighted by atomic mass is 32.1. The fraction of sp³-hybridized carbons (Fsp3) is 0.667. The number of hydrogen-bond donors (Lipinski definition) is 3. The van der Waals surface area contributed by atoms with Crippen molar-refractivity contribution in [3.05, 3.63) is 5.01 Å². The summed E-state index contributed by atoms with van der Waals surface area (Å²) in [5.74, 6) is 0. The van der Waals surface area contributed by atoms with E-state index in [-0.39, 0.29) is 23.0 Å². The number of carbonyl (C=O) groups excluding carboxylic acids is 1. The fourth-order valence-corrected chi connectivity index (χ4v) is 2.14. The van der Waals surface area contributed by atoms with Crippen LogP contribution in [0.3, 0.4) is 0 Å². The largest absolute Gasteiger partial charge is 0.445 e. The Kier molecular flexibility index (Phi) is 3.63. The minimum Gasteiger partial charge on any atom is -0.388 e. The number of carbonyl (C=O) groups is 1. The van der Waals surface area contributed by atoms with E-state index in [1.54, 1.807) is 0 Å². The number of nitrogens with zero attached hydrogens (tertiary/aromatic N) is 2. The summed E-state index contributed by atoms with van der Waals surface area (Å²) in [6.07, 6.45) is -2.48. The van der Waals surface area contributed by atoms with Crippen molar-refractivity contribution in [2.75, 3.05) is 11.9 Å². The van der Waals surface area contributed by atoms with E-state index < -0.39 is 22.8 Å². The van der Waals surface area contributed by atoms with E-state index >= 15 is 0 Å². The molecule has 1 saturated carbocycles. The summed E-state index contributed by atoms with van der Waals surface area (Å²) in [5, 5.41) is 19.0. The summed E-state index contributed by atoms with van der Waals surface area (Å²) in [6, 6.07) is -0.717. The second-order valence-electron chi connectivity index (χ2n) is 4.30. The third-order valence-electron chi connectivity index (χ3n) is 2.75. The Morgan fingerprint density at radius 3 is 2.58 bits per heavy atom. The smallest absolute Gasteiger partial charge is 0.388 e. The van der Waals surface area contributed by atoms with Gasteiger partial charge in [0.15, 0.2) is 0 Å². The van der Waals surface area contributed by atoms with Gasteiger partial charge in [-0.2, -0.15) is 13.2 Å². The number of alkyl halides is 3. The molecule has 1 aromatic rings. The molecule has 1 fully saturated rings. The van der Waals surface area contributed by atoms with E-state index in [0.717, 1.165) is 6.42 Å². The molecular weight excluding hydrogens is 285 g/mol. The second-order valence-corrected chi connectivity index (χ2v) is 5.27. The molecule has 1 aromatic heterocycles. The summed E-state index contributed by atoms with van der Waals surface area (Å²) in [4.78, 5) is 11.4. The van der Waals surface area contributed by atoms with Gasteiger partial charge in [0.25, 0.3) is 0 Å². The van der Waals surface area contributed by atoms with Crippen molar-refractivity contribution in [1.29, 1.82) is 0 Å². The lowest BCUT2D eigenvalue weighted by atomic mass is 9.80. The minimum atomic E-state index is -4.57. The van der Waals surface area contributed by atoms with Crippen LogP contribution >= 0.6 is 11.3 Å². The molecule has 0 aliphatic heterocycles. The summed E-state index contributed by atoms with van der Waals surface area (Å²) < 4.78 is 36.7. The highest BCUT2D eigenvalue weighted by molar-refractivity contribution is 7.15. The van der Waals surface area contributed by atoms with Gasteiger partial charge in [-0.3, -0.25) is 5.32 Å². The van der Waals surface area contributed by atoms with E-state index in [9.17, 15) is 23.1 Å². The molecule has 0 radical (unpaired) electrons. The maximum atomic E-state index is 12.2. The summed E-state index contributed by atoms with van der Waals surface area (Å²) in [7, 11) is 0. The topological polar surface area (TPSA) is 87.1 Å². The fourth-order valence-electron chi connectivity index (χ4n) is 1.54. The molecule has 0 spiro atoms. The van der Waals surface area contributed by atoms with Crippen molar-refractivity contribution in [1.82, 2.24) is 15.5 Å². The average Bonchev–Trinajstić information content (AvgIpc) is 2.72. The molecule has 19 heavy (non-hydrogen) atoms. The number of nitrogens with one attached hydrogen (secondary N) is 2. The molecule has 3 N–H and O–H groups in total. The number of rotatable bonds is 3. The Hall–Kier alpha value is -1.42. The number of amides is 2. The van der Waals surface area contributed by atoms with E-state index in [2.05, 4.69) is 20.8 Å². The summed E-state index contributed by atoms with van der Waals surface area (Å²) in [6.45, 7) is 0.0593. The van der Waals surface area contributed by atoms with E-state index in [1.807, 2.05) is 0 Å². The zero-order chi connectivity index (χ0) is 14.1. The normalized spacial score (nSPS) is 17.7. The third-order valence-corrected chi connectivity index (χ3v) is 3.63. The molecule has 6 nitrogen and oxygen atoms in total. The van der Waals surface area contributed by atoms with Gasteiger partial charge in [0.05, 0.1) is 5.60 Å². The molecule has 1 aliphatic rings. The summed E-state index contributed by atoms with van der Waals surface area (Å²) >= 11 is 0.240. The van der Waals surface area contributed by atoms with Crippen LogP contribution in [0.1, 0.15) is 24.3 Å². The molecular formula is C9H11F3N4O2S. The van der Waals surface area contributed by atoms with Crippen LogP contribution in [0.25, 0.3) is 0 Å². The number of aromatic nitrogens is 2. The Balaban J connectivity index is 1.83. The first-order valence-corrected chi connectivity index (χ1v) is 6.28. The molecule has 10 heteroatoms. The minimum absolute atomic E-state index is 0.0593. The van der Waals surface area contributed by atoms with Gasteiger partial charge >= 0.3 is 12.2 Å². The summed E-state index contributed by atoms with van der Waals surface area (Å²) in [5.41, 5.74) is -0.893. The Labute approximate surface area is 110 Å². The van der Waals surface area contributed by atoms with Gasteiger partial charge < -0.3 is 10.4 Å². The Morgan fingerprint density at radius 1 is 1.42 bits per heavy atom. The zero-order valence-corrected chi connectivity index (χ0v) is 10.4. The lowest BCUT2D eigenvalue weighted by Crippen LogP contribution is -2.48.